The van der Waals surface area contributed by atoms with Gasteiger partial charge in [-0.2, -0.15) is 0 Å². The van der Waals surface area contributed by atoms with E-state index in [0.717, 1.165) is 4.90 Å². The van der Waals surface area contributed by atoms with Crippen LogP contribution in [0.2, 0.25) is 0 Å². The average molecular weight is 320 g/mol. The van der Waals surface area contributed by atoms with Crippen LogP contribution in [0.4, 0.5) is 5.69 Å². The van der Waals surface area contributed by atoms with E-state index in [2.05, 4.69) is 5.32 Å². The van der Waals surface area contributed by atoms with Crippen LogP contribution in [0.15, 0.2) is 29.2 Å². The lowest BCUT2D eigenvalue weighted by Crippen LogP contribution is -2.45. The minimum atomic E-state index is -0.454. The third kappa shape index (κ3) is 7.32. The molecule has 3 N–H and O–H groups in total. The lowest BCUT2D eigenvalue weighted by atomic mass is 10.1. The monoisotopic (exact) mass is 319 g/mol. The van der Waals surface area contributed by atoms with Crippen LogP contribution in [0, 0.1) is 10.1 Å². The predicted octanol–water partition coefficient (Wildman–Crippen LogP) is 1.96. The first kappa shape index (κ1) is 18.7. The van der Waals surface area contributed by atoms with Gasteiger partial charge in [-0.05, 0) is 26.0 Å². The maximum atomic E-state index is 11.5. The number of carbonyl (C=O) groups is 1. The van der Waals surface area contributed by atoms with Gasteiger partial charge in [-0.15, -0.1) is 24.2 Å². The van der Waals surface area contributed by atoms with Crippen LogP contribution in [0.5, 0.6) is 0 Å². The quantitative estimate of drug-likeness (QED) is 0.474. The second-order valence-corrected chi connectivity index (χ2v) is 5.85. The molecule has 1 amide bonds. The number of halogens is 1. The number of rotatable bonds is 6. The SMILES string of the molecule is CC(C)(N)CNC(=O)CSc1ccc([N+](=O)[O-])cc1.Cl. The Hall–Kier alpha value is -1.31. The number of non-ortho nitro benzene ring substituents is 1. The molecule has 0 aromatic heterocycles. The van der Waals surface area contributed by atoms with Gasteiger partial charge in [-0.1, -0.05) is 0 Å². The van der Waals surface area contributed by atoms with E-state index in [1.54, 1.807) is 12.1 Å². The van der Waals surface area contributed by atoms with Crippen molar-refractivity contribution in [2.24, 2.45) is 5.73 Å². The molecule has 0 fully saturated rings. The first-order valence-electron chi connectivity index (χ1n) is 5.71. The number of hydrogen-bond donors (Lipinski definition) is 2. The summed E-state index contributed by atoms with van der Waals surface area (Å²) in [6.07, 6.45) is 0. The van der Waals surface area contributed by atoms with Crippen LogP contribution in [0.25, 0.3) is 0 Å². The Morgan fingerprint density at radius 2 is 1.95 bits per heavy atom. The van der Waals surface area contributed by atoms with Gasteiger partial charge in [0.2, 0.25) is 5.91 Å². The van der Waals surface area contributed by atoms with Crippen LogP contribution in [-0.4, -0.2) is 28.7 Å². The highest BCUT2D eigenvalue weighted by Gasteiger charge is 2.12. The molecule has 0 aliphatic carbocycles. The Morgan fingerprint density at radius 1 is 1.40 bits per heavy atom. The van der Waals surface area contributed by atoms with E-state index in [4.69, 9.17) is 5.73 Å². The topological polar surface area (TPSA) is 98.3 Å². The van der Waals surface area contributed by atoms with Crippen LogP contribution < -0.4 is 11.1 Å². The highest BCUT2D eigenvalue weighted by atomic mass is 35.5. The second-order valence-electron chi connectivity index (χ2n) is 4.80. The molecule has 0 heterocycles. The van der Waals surface area contributed by atoms with E-state index in [0.29, 0.717) is 6.54 Å². The molecule has 0 aliphatic rings. The van der Waals surface area contributed by atoms with Crippen molar-refractivity contribution in [3.05, 3.63) is 34.4 Å². The van der Waals surface area contributed by atoms with Crippen molar-refractivity contribution in [1.82, 2.24) is 5.32 Å². The molecule has 0 spiro atoms. The van der Waals surface area contributed by atoms with Crippen molar-refractivity contribution in [2.45, 2.75) is 24.3 Å². The minimum absolute atomic E-state index is 0. The molecule has 112 valence electrons. The molecule has 20 heavy (non-hydrogen) atoms. The summed E-state index contributed by atoms with van der Waals surface area (Å²) in [6, 6.07) is 6.10. The second kappa shape index (κ2) is 8.08. The molecule has 0 saturated heterocycles. The number of amides is 1. The predicted molar refractivity (Wildman–Crippen MR) is 82.3 cm³/mol. The Bertz CT molecular complexity index is 460. The van der Waals surface area contributed by atoms with E-state index >= 15 is 0 Å². The number of nitrogens with one attached hydrogen (secondary N) is 1. The number of nitro benzene ring substituents is 1. The maximum absolute atomic E-state index is 11.5. The van der Waals surface area contributed by atoms with Crippen molar-refractivity contribution >= 4 is 35.8 Å². The number of nitrogens with two attached hydrogens (primary N) is 1. The largest absolute Gasteiger partial charge is 0.354 e. The molecule has 6 nitrogen and oxygen atoms in total. The fourth-order valence-electron chi connectivity index (χ4n) is 1.19. The number of benzene rings is 1. The third-order valence-corrected chi connectivity index (χ3v) is 3.17. The normalized spacial score (nSPS) is 10.6. The summed E-state index contributed by atoms with van der Waals surface area (Å²) in [5.74, 6) is 0.148. The summed E-state index contributed by atoms with van der Waals surface area (Å²) >= 11 is 1.32. The fraction of sp³-hybridized carbons (Fsp3) is 0.417. The van der Waals surface area contributed by atoms with Gasteiger partial charge in [0.05, 0.1) is 10.7 Å². The molecule has 0 radical (unpaired) electrons. The molecular weight excluding hydrogens is 302 g/mol. The van der Waals surface area contributed by atoms with Crippen molar-refractivity contribution in [1.29, 1.82) is 0 Å². The number of hydrogen-bond acceptors (Lipinski definition) is 5. The van der Waals surface area contributed by atoms with Gasteiger partial charge >= 0.3 is 0 Å². The van der Waals surface area contributed by atoms with Crippen LogP contribution >= 0.6 is 24.2 Å². The van der Waals surface area contributed by atoms with Gasteiger partial charge in [0.1, 0.15) is 0 Å². The zero-order chi connectivity index (χ0) is 14.5. The Morgan fingerprint density at radius 3 is 2.40 bits per heavy atom. The highest BCUT2D eigenvalue weighted by Crippen LogP contribution is 2.20. The van der Waals surface area contributed by atoms with Gasteiger partial charge in [0, 0.05) is 29.1 Å². The summed E-state index contributed by atoms with van der Waals surface area (Å²) in [6.45, 7) is 4.07. The van der Waals surface area contributed by atoms with Gasteiger partial charge in [-0.25, -0.2) is 0 Å². The Balaban J connectivity index is 0.00000361. The summed E-state index contributed by atoms with van der Waals surface area (Å²) in [5, 5.41) is 13.2. The Kier molecular flexibility index (Phi) is 7.55. The lowest BCUT2D eigenvalue weighted by Gasteiger charge is -2.18. The average Bonchev–Trinajstić information content (AvgIpc) is 2.33. The zero-order valence-corrected chi connectivity index (χ0v) is 12.9. The van der Waals surface area contributed by atoms with Crippen molar-refractivity contribution in [2.75, 3.05) is 12.3 Å². The molecule has 1 rings (SSSR count). The molecule has 1 aromatic rings. The van der Waals surface area contributed by atoms with Gasteiger partial charge in [-0.3, -0.25) is 14.9 Å². The number of nitrogens with zero attached hydrogens (tertiary/aromatic N) is 1. The van der Waals surface area contributed by atoms with E-state index in [9.17, 15) is 14.9 Å². The summed E-state index contributed by atoms with van der Waals surface area (Å²) in [7, 11) is 0. The molecule has 8 heteroatoms. The third-order valence-electron chi connectivity index (χ3n) is 2.16. The summed E-state index contributed by atoms with van der Waals surface area (Å²) in [4.78, 5) is 22.4. The number of thioether (sulfide) groups is 1. The highest BCUT2D eigenvalue weighted by molar-refractivity contribution is 8.00. The lowest BCUT2D eigenvalue weighted by molar-refractivity contribution is -0.384. The molecule has 0 unspecified atom stereocenters. The number of carbonyl (C=O) groups excluding carboxylic acids is 1. The minimum Gasteiger partial charge on any atom is -0.354 e. The molecule has 0 bridgehead atoms. The molecule has 0 saturated carbocycles. The van der Waals surface area contributed by atoms with E-state index in [1.165, 1.54) is 23.9 Å². The van der Waals surface area contributed by atoms with Gasteiger partial charge in [0.25, 0.3) is 5.69 Å². The van der Waals surface area contributed by atoms with E-state index in [1.807, 2.05) is 13.8 Å². The van der Waals surface area contributed by atoms with E-state index < -0.39 is 10.5 Å². The van der Waals surface area contributed by atoms with Crippen molar-refractivity contribution in [3.63, 3.8) is 0 Å². The molecule has 0 aliphatic heterocycles. The fourth-order valence-corrected chi connectivity index (χ4v) is 1.92. The molecule has 0 atom stereocenters. The molecular formula is C12H18ClN3O3S. The molecule has 1 aromatic carbocycles. The first-order chi connectivity index (χ1) is 8.78. The first-order valence-corrected chi connectivity index (χ1v) is 6.69. The van der Waals surface area contributed by atoms with E-state index in [-0.39, 0.29) is 29.8 Å². The van der Waals surface area contributed by atoms with Crippen LogP contribution in [-0.2, 0) is 4.79 Å². The van der Waals surface area contributed by atoms with Crippen LogP contribution in [0.3, 0.4) is 0 Å². The maximum Gasteiger partial charge on any atom is 0.269 e. The smallest absolute Gasteiger partial charge is 0.269 e. The standard InChI is InChI=1S/C12H17N3O3S.ClH/c1-12(2,13)8-14-11(16)7-19-10-5-3-9(4-6-10)15(17)18;/h3-6H,7-8,13H2,1-2H3,(H,14,16);1H. The van der Waals surface area contributed by atoms with Crippen molar-refractivity contribution < 1.29 is 9.72 Å². The van der Waals surface area contributed by atoms with Crippen molar-refractivity contribution in [3.8, 4) is 0 Å². The zero-order valence-electron chi connectivity index (χ0n) is 11.3. The van der Waals surface area contributed by atoms with Gasteiger partial charge in [0.15, 0.2) is 0 Å². The summed E-state index contributed by atoms with van der Waals surface area (Å²) in [5.41, 5.74) is 5.35. The van der Waals surface area contributed by atoms with Gasteiger partial charge < -0.3 is 11.1 Å². The number of nitro groups is 1. The Labute approximate surface area is 128 Å². The summed E-state index contributed by atoms with van der Waals surface area (Å²) < 4.78 is 0. The van der Waals surface area contributed by atoms with Crippen LogP contribution in [0.1, 0.15) is 13.8 Å².